The van der Waals surface area contributed by atoms with Crippen molar-refractivity contribution in [3.63, 3.8) is 0 Å². The van der Waals surface area contributed by atoms with Gasteiger partial charge in [-0.05, 0) is 30.5 Å². The van der Waals surface area contributed by atoms with E-state index in [0.717, 1.165) is 11.1 Å². The van der Waals surface area contributed by atoms with E-state index >= 15 is 0 Å². The molecule has 6 nitrogen and oxygen atoms in total. The second kappa shape index (κ2) is 7.30. The first-order valence-electron chi connectivity index (χ1n) is 9.52. The molecule has 2 aromatic carbocycles. The predicted octanol–water partition coefficient (Wildman–Crippen LogP) is 3.48. The van der Waals surface area contributed by atoms with Gasteiger partial charge in [-0.25, -0.2) is 9.59 Å². The standard InChI is InChI=1S/C24H21NO5/c1-12-18(23(27)29-3)21(19(13(2)25-12)24(28)30-4)16-10-7-11-17-20(16)14-8-5-6-9-15(14)22(17)26/h5-11,21,25H,1-4H3. The number of ether oxygens (including phenoxy) is 2. The van der Waals surface area contributed by atoms with Crippen LogP contribution in [0.4, 0.5) is 0 Å². The van der Waals surface area contributed by atoms with E-state index in [1.807, 2.05) is 24.3 Å². The molecule has 0 fully saturated rings. The van der Waals surface area contributed by atoms with Crippen LogP contribution in [-0.4, -0.2) is 31.9 Å². The van der Waals surface area contributed by atoms with Crippen LogP contribution in [-0.2, 0) is 19.1 Å². The molecule has 0 saturated heterocycles. The van der Waals surface area contributed by atoms with Crippen LogP contribution in [0.1, 0.15) is 41.3 Å². The van der Waals surface area contributed by atoms with Gasteiger partial charge in [0.2, 0.25) is 0 Å². The maximum Gasteiger partial charge on any atom is 0.336 e. The molecule has 0 aromatic heterocycles. The number of carbonyl (C=O) groups excluding carboxylic acids is 3. The molecule has 1 heterocycles. The van der Waals surface area contributed by atoms with Gasteiger partial charge in [0.1, 0.15) is 0 Å². The van der Waals surface area contributed by atoms with Crippen molar-refractivity contribution in [1.82, 2.24) is 5.32 Å². The minimum atomic E-state index is -0.736. The molecule has 0 unspecified atom stereocenters. The summed E-state index contributed by atoms with van der Waals surface area (Å²) in [6.07, 6.45) is 0. The molecule has 2 aliphatic rings. The molecule has 1 aliphatic carbocycles. The van der Waals surface area contributed by atoms with Crippen molar-refractivity contribution in [2.24, 2.45) is 0 Å². The molecule has 0 spiro atoms. The molecule has 152 valence electrons. The molecule has 6 heteroatoms. The third-order valence-corrected chi connectivity index (χ3v) is 5.66. The van der Waals surface area contributed by atoms with Crippen molar-refractivity contribution in [3.8, 4) is 11.1 Å². The summed E-state index contributed by atoms with van der Waals surface area (Å²) in [5, 5.41) is 3.10. The fourth-order valence-corrected chi connectivity index (χ4v) is 4.41. The Labute approximate surface area is 174 Å². The summed E-state index contributed by atoms with van der Waals surface area (Å²) in [6.45, 7) is 3.53. The van der Waals surface area contributed by atoms with Gasteiger partial charge in [0, 0.05) is 22.5 Å². The molecular weight excluding hydrogens is 382 g/mol. The van der Waals surface area contributed by atoms with Gasteiger partial charge >= 0.3 is 11.9 Å². The Kier molecular flexibility index (Phi) is 4.78. The largest absolute Gasteiger partial charge is 0.466 e. The number of ketones is 1. The smallest absolute Gasteiger partial charge is 0.336 e. The molecule has 30 heavy (non-hydrogen) atoms. The summed E-state index contributed by atoms with van der Waals surface area (Å²) in [7, 11) is 2.60. The number of benzene rings is 2. The molecular formula is C24H21NO5. The summed E-state index contributed by atoms with van der Waals surface area (Å²) in [4.78, 5) is 38.5. The minimum absolute atomic E-state index is 0.0722. The molecule has 0 amide bonds. The molecule has 0 bridgehead atoms. The topological polar surface area (TPSA) is 81.7 Å². The number of carbonyl (C=O) groups is 3. The van der Waals surface area contributed by atoms with Crippen molar-refractivity contribution in [3.05, 3.63) is 81.7 Å². The maximum absolute atomic E-state index is 13.0. The number of methoxy groups -OCH3 is 2. The first kappa shape index (κ1) is 19.6. The Morgan fingerprint density at radius 1 is 0.800 bits per heavy atom. The molecule has 1 aliphatic heterocycles. The number of nitrogens with one attached hydrogen (secondary N) is 1. The first-order valence-corrected chi connectivity index (χ1v) is 9.52. The van der Waals surface area contributed by atoms with Gasteiger partial charge in [0.25, 0.3) is 0 Å². The fraction of sp³-hybridized carbons (Fsp3) is 0.208. The highest BCUT2D eigenvalue weighted by Crippen LogP contribution is 2.47. The normalized spacial score (nSPS) is 15.5. The summed E-state index contributed by atoms with van der Waals surface area (Å²) in [5.41, 5.74) is 5.17. The zero-order valence-corrected chi connectivity index (χ0v) is 17.2. The highest BCUT2D eigenvalue weighted by atomic mass is 16.5. The number of dihydropyridines is 1. The van der Waals surface area contributed by atoms with Crippen LogP contribution in [0.3, 0.4) is 0 Å². The van der Waals surface area contributed by atoms with Crippen molar-refractivity contribution < 1.29 is 23.9 Å². The Morgan fingerprint density at radius 3 is 1.90 bits per heavy atom. The Balaban J connectivity index is 2.05. The molecule has 2 aromatic rings. The van der Waals surface area contributed by atoms with Gasteiger partial charge in [-0.1, -0.05) is 42.5 Å². The quantitative estimate of drug-likeness (QED) is 0.675. The number of rotatable bonds is 3. The van der Waals surface area contributed by atoms with Gasteiger partial charge in [0.05, 0.1) is 31.3 Å². The number of hydrogen-bond acceptors (Lipinski definition) is 6. The van der Waals surface area contributed by atoms with Crippen LogP contribution in [0.5, 0.6) is 0 Å². The van der Waals surface area contributed by atoms with Crippen molar-refractivity contribution in [2.75, 3.05) is 14.2 Å². The minimum Gasteiger partial charge on any atom is -0.466 e. The lowest BCUT2D eigenvalue weighted by Gasteiger charge is -2.31. The molecule has 0 radical (unpaired) electrons. The van der Waals surface area contributed by atoms with E-state index in [4.69, 9.17) is 9.47 Å². The van der Waals surface area contributed by atoms with Crippen LogP contribution in [0.2, 0.25) is 0 Å². The first-order chi connectivity index (χ1) is 14.4. The third kappa shape index (κ3) is 2.76. The van der Waals surface area contributed by atoms with E-state index in [1.165, 1.54) is 14.2 Å². The van der Waals surface area contributed by atoms with Gasteiger partial charge in [-0.2, -0.15) is 0 Å². The zero-order chi connectivity index (χ0) is 21.6. The van der Waals surface area contributed by atoms with Crippen molar-refractivity contribution in [2.45, 2.75) is 19.8 Å². The number of fused-ring (bicyclic) bond motifs is 3. The lowest BCUT2D eigenvalue weighted by molar-refractivity contribution is -0.137. The Bertz CT molecular complexity index is 1130. The van der Waals surface area contributed by atoms with Gasteiger partial charge in [-0.15, -0.1) is 0 Å². The van der Waals surface area contributed by atoms with Crippen LogP contribution in [0, 0.1) is 0 Å². The lowest BCUT2D eigenvalue weighted by atomic mass is 9.77. The van der Waals surface area contributed by atoms with E-state index < -0.39 is 17.9 Å². The van der Waals surface area contributed by atoms with Gasteiger partial charge < -0.3 is 14.8 Å². The molecule has 1 N–H and O–H groups in total. The molecule has 0 saturated carbocycles. The average molecular weight is 403 g/mol. The Morgan fingerprint density at radius 2 is 1.33 bits per heavy atom. The zero-order valence-electron chi connectivity index (χ0n) is 17.2. The second-order valence-corrected chi connectivity index (χ2v) is 7.26. The van der Waals surface area contributed by atoms with Crippen LogP contribution in [0.15, 0.2) is 65.0 Å². The van der Waals surface area contributed by atoms with Crippen LogP contribution in [0.25, 0.3) is 11.1 Å². The third-order valence-electron chi connectivity index (χ3n) is 5.66. The van der Waals surface area contributed by atoms with Crippen LogP contribution >= 0.6 is 0 Å². The van der Waals surface area contributed by atoms with E-state index in [1.54, 1.807) is 32.0 Å². The van der Waals surface area contributed by atoms with E-state index in [-0.39, 0.29) is 5.78 Å². The van der Waals surface area contributed by atoms with E-state index in [2.05, 4.69) is 5.32 Å². The second-order valence-electron chi connectivity index (χ2n) is 7.26. The van der Waals surface area contributed by atoms with E-state index in [0.29, 0.717) is 39.2 Å². The summed E-state index contributed by atoms with van der Waals surface area (Å²) in [6, 6.07) is 12.7. The highest BCUT2D eigenvalue weighted by molar-refractivity contribution is 6.22. The van der Waals surface area contributed by atoms with Crippen LogP contribution < -0.4 is 5.32 Å². The maximum atomic E-state index is 13.0. The van der Waals surface area contributed by atoms with Gasteiger partial charge in [0.15, 0.2) is 5.78 Å². The van der Waals surface area contributed by atoms with Crippen molar-refractivity contribution in [1.29, 1.82) is 0 Å². The lowest BCUT2D eigenvalue weighted by Crippen LogP contribution is -2.32. The number of hydrogen-bond donors (Lipinski definition) is 1. The summed E-state index contributed by atoms with van der Waals surface area (Å²) >= 11 is 0. The highest BCUT2D eigenvalue weighted by Gasteiger charge is 2.41. The molecule has 0 atom stereocenters. The fourth-order valence-electron chi connectivity index (χ4n) is 4.41. The average Bonchev–Trinajstić information content (AvgIpc) is 3.05. The predicted molar refractivity (Wildman–Crippen MR) is 111 cm³/mol. The number of allylic oxidation sites excluding steroid dienone is 2. The van der Waals surface area contributed by atoms with Crippen molar-refractivity contribution >= 4 is 17.7 Å². The Hall–Kier alpha value is -3.67. The SMILES string of the molecule is COC(=O)C1=C(C)NC(C)=C(C(=O)OC)C1c1cccc2c1-c1ccccc1C2=O. The van der Waals surface area contributed by atoms with Gasteiger partial charge in [-0.3, -0.25) is 4.79 Å². The summed E-state index contributed by atoms with van der Waals surface area (Å²) in [5.74, 6) is -1.90. The monoisotopic (exact) mass is 403 g/mol. The summed E-state index contributed by atoms with van der Waals surface area (Å²) < 4.78 is 10.1. The molecule has 4 rings (SSSR count). The van der Waals surface area contributed by atoms with E-state index in [9.17, 15) is 14.4 Å². The number of esters is 2.